The van der Waals surface area contributed by atoms with Crippen LogP contribution >= 0.6 is 0 Å². The molecular weight excluding hydrogens is 655 g/mol. The Kier molecular flexibility index (Phi) is 13.0. The molecule has 3 saturated carbocycles. The third-order valence-corrected chi connectivity index (χ3v) is 14.4. The summed E-state index contributed by atoms with van der Waals surface area (Å²) in [5.74, 6) is 5.60. The largest absolute Gasteiger partial charge is 0.494 e. The number of unbranched alkanes of at least 4 members (excludes halogenated alkanes) is 1. The van der Waals surface area contributed by atoms with Gasteiger partial charge in [0.25, 0.3) is 0 Å². The van der Waals surface area contributed by atoms with Gasteiger partial charge in [0.2, 0.25) is 0 Å². The van der Waals surface area contributed by atoms with Crippen molar-refractivity contribution in [1.29, 1.82) is 0 Å². The standard InChI is InChI=1S/C47H68N3O3/c1-8-50(7)30-9-10-31-52-39-21-19-38(20-22-39)49-48-37-17-14-35(15-18-37)45(51)53-40-26-28-46(5)36(32-40)16-23-41-43-25-24-42(34(4)13-11-12-33(2)3)47(43,6)29-27-44(41)46/h8,14-22,33-34,40-44H,9-13,23-32H2,1-7H3/q+1. The minimum absolute atomic E-state index is 0.0532. The molecule has 2 aromatic rings. The monoisotopic (exact) mass is 723 g/mol. The Morgan fingerprint density at radius 3 is 2.30 bits per heavy atom. The van der Waals surface area contributed by atoms with Crippen LogP contribution in [0.1, 0.15) is 135 Å². The van der Waals surface area contributed by atoms with E-state index in [1.807, 2.05) is 36.4 Å². The second-order valence-corrected chi connectivity index (χ2v) is 18.1. The van der Waals surface area contributed by atoms with E-state index in [-0.39, 0.29) is 17.5 Å². The molecule has 4 aliphatic carbocycles. The van der Waals surface area contributed by atoms with Crippen LogP contribution in [0.25, 0.3) is 0 Å². The van der Waals surface area contributed by atoms with Gasteiger partial charge in [-0.1, -0.05) is 65.5 Å². The average Bonchev–Trinajstić information content (AvgIpc) is 3.51. The first kappa shape index (κ1) is 39.4. The molecule has 0 amide bonds. The van der Waals surface area contributed by atoms with Crippen molar-refractivity contribution in [3.63, 3.8) is 0 Å². The molecule has 0 saturated heterocycles. The maximum absolute atomic E-state index is 13.3. The number of azo groups is 1. The highest BCUT2D eigenvalue weighted by Gasteiger charge is 2.59. The summed E-state index contributed by atoms with van der Waals surface area (Å²) in [6, 6.07) is 15.0. The van der Waals surface area contributed by atoms with Crippen molar-refractivity contribution in [2.24, 2.45) is 56.6 Å². The Labute approximate surface area is 320 Å². The van der Waals surface area contributed by atoms with Crippen LogP contribution in [0.15, 0.2) is 70.4 Å². The molecule has 6 rings (SSSR count). The molecule has 0 radical (unpaired) electrons. The number of nitrogens with zero attached hydrogens (tertiary/aromatic N) is 3. The number of hydrogen-bond acceptors (Lipinski definition) is 5. The van der Waals surface area contributed by atoms with Crippen molar-refractivity contribution in [3.8, 4) is 5.75 Å². The molecule has 53 heavy (non-hydrogen) atoms. The summed E-state index contributed by atoms with van der Waals surface area (Å²) < 4.78 is 14.2. The Hall–Kier alpha value is -3.28. The number of carbonyl (C=O) groups is 1. The summed E-state index contributed by atoms with van der Waals surface area (Å²) in [6.45, 7) is 16.3. The van der Waals surface area contributed by atoms with Gasteiger partial charge in [0, 0.05) is 19.8 Å². The van der Waals surface area contributed by atoms with Crippen LogP contribution < -0.4 is 4.74 Å². The van der Waals surface area contributed by atoms with Gasteiger partial charge >= 0.3 is 5.97 Å². The van der Waals surface area contributed by atoms with Crippen molar-refractivity contribution in [2.45, 2.75) is 131 Å². The van der Waals surface area contributed by atoms with Gasteiger partial charge in [-0.25, -0.2) is 9.37 Å². The highest BCUT2D eigenvalue weighted by molar-refractivity contribution is 5.89. The molecule has 0 N–H and O–H groups in total. The Bertz CT molecular complexity index is 1610. The van der Waals surface area contributed by atoms with E-state index in [0.717, 1.165) is 85.6 Å². The lowest BCUT2D eigenvalue weighted by Crippen LogP contribution is -2.51. The summed E-state index contributed by atoms with van der Waals surface area (Å²) in [6.07, 6.45) is 20.7. The summed E-state index contributed by atoms with van der Waals surface area (Å²) in [7, 11) is 2.09. The number of carbonyl (C=O) groups excluding carboxylic acids is 1. The van der Waals surface area contributed by atoms with E-state index in [9.17, 15) is 4.79 Å². The summed E-state index contributed by atoms with van der Waals surface area (Å²) >= 11 is 0. The molecule has 8 atom stereocenters. The maximum Gasteiger partial charge on any atom is 0.338 e. The van der Waals surface area contributed by atoms with Crippen molar-refractivity contribution >= 4 is 23.6 Å². The fourth-order valence-electron chi connectivity index (χ4n) is 11.1. The van der Waals surface area contributed by atoms with Crippen molar-refractivity contribution in [2.75, 3.05) is 20.2 Å². The van der Waals surface area contributed by atoms with Crippen LogP contribution in [0.2, 0.25) is 0 Å². The minimum atomic E-state index is -0.240. The van der Waals surface area contributed by atoms with E-state index in [1.165, 1.54) is 51.4 Å². The van der Waals surface area contributed by atoms with Gasteiger partial charge in [0.05, 0.1) is 23.5 Å². The van der Waals surface area contributed by atoms with Crippen LogP contribution in [0.3, 0.4) is 0 Å². The first-order chi connectivity index (χ1) is 25.5. The minimum Gasteiger partial charge on any atom is -0.494 e. The van der Waals surface area contributed by atoms with E-state index < -0.39 is 0 Å². The average molecular weight is 723 g/mol. The fourth-order valence-corrected chi connectivity index (χ4v) is 11.1. The number of benzene rings is 2. The number of hydrogen-bond donors (Lipinski definition) is 0. The molecule has 4 aliphatic rings. The first-order valence-electron chi connectivity index (χ1n) is 21.1. The Morgan fingerprint density at radius 1 is 0.887 bits per heavy atom. The van der Waals surface area contributed by atoms with Crippen molar-refractivity contribution in [3.05, 3.63) is 65.7 Å². The van der Waals surface area contributed by atoms with Gasteiger partial charge in [-0.2, -0.15) is 10.2 Å². The lowest BCUT2D eigenvalue weighted by Gasteiger charge is -2.58. The SMILES string of the molecule is CC=[N+](C)CCCCOc1ccc(N=Nc2ccc(C(=O)OC3CCC4(C)C(=CCC5C4CCC4(C)C(C(C)CCCC(C)C)CCC54)C3)cc2)cc1. The lowest BCUT2D eigenvalue weighted by molar-refractivity contribution is -0.493. The van der Waals surface area contributed by atoms with E-state index in [4.69, 9.17) is 9.47 Å². The molecule has 0 heterocycles. The predicted octanol–water partition coefficient (Wildman–Crippen LogP) is 12.6. The van der Waals surface area contributed by atoms with Gasteiger partial charge in [0.1, 0.15) is 31.7 Å². The Morgan fingerprint density at radius 2 is 1.60 bits per heavy atom. The highest BCUT2D eigenvalue weighted by Crippen LogP contribution is 2.67. The number of allylic oxidation sites excluding steroid dienone is 1. The maximum atomic E-state index is 13.3. The molecule has 8 unspecified atom stereocenters. The summed E-state index contributed by atoms with van der Waals surface area (Å²) in [4.78, 5) is 13.3. The molecule has 288 valence electrons. The smallest absolute Gasteiger partial charge is 0.338 e. The van der Waals surface area contributed by atoms with Crippen molar-refractivity contribution in [1.82, 2.24) is 0 Å². The number of fused-ring (bicyclic) bond motifs is 5. The Balaban J connectivity index is 0.982. The number of ether oxygens (including phenoxy) is 2. The zero-order valence-electron chi connectivity index (χ0n) is 34.0. The van der Waals surface area contributed by atoms with Gasteiger partial charge in [-0.05, 0) is 146 Å². The first-order valence-corrected chi connectivity index (χ1v) is 21.1. The van der Waals surface area contributed by atoms with Crippen LogP contribution in [-0.2, 0) is 4.74 Å². The molecule has 0 aromatic heterocycles. The normalized spacial score (nSPS) is 30.4. The van der Waals surface area contributed by atoms with E-state index in [2.05, 4.69) is 75.7 Å². The summed E-state index contributed by atoms with van der Waals surface area (Å²) in [5.41, 5.74) is 4.34. The molecule has 3 fully saturated rings. The fraction of sp³-hybridized carbons (Fsp3) is 0.660. The molecule has 2 aromatic carbocycles. The van der Waals surface area contributed by atoms with Crippen LogP contribution in [-0.4, -0.2) is 43.1 Å². The topological polar surface area (TPSA) is 63.3 Å². The highest BCUT2D eigenvalue weighted by atomic mass is 16.5. The van der Waals surface area contributed by atoms with Gasteiger partial charge in [-0.15, -0.1) is 0 Å². The van der Waals surface area contributed by atoms with E-state index in [1.54, 1.807) is 17.7 Å². The van der Waals surface area contributed by atoms with Crippen molar-refractivity contribution < 1.29 is 18.8 Å². The second kappa shape index (κ2) is 17.5. The van der Waals surface area contributed by atoms with Gasteiger partial charge in [-0.3, -0.25) is 0 Å². The van der Waals surface area contributed by atoms with E-state index >= 15 is 0 Å². The molecule has 6 nitrogen and oxygen atoms in total. The molecule has 0 bridgehead atoms. The van der Waals surface area contributed by atoms with Gasteiger partial charge < -0.3 is 9.47 Å². The zero-order chi connectivity index (χ0) is 37.6. The molecule has 0 spiro atoms. The summed E-state index contributed by atoms with van der Waals surface area (Å²) in [5, 5.41) is 8.77. The lowest BCUT2D eigenvalue weighted by atomic mass is 9.47. The van der Waals surface area contributed by atoms with Gasteiger partial charge in [0.15, 0.2) is 0 Å². The third-order valence-electron chi connectivity index (χ3n) is 14.4. The van der Waals surface area contributed by atoms with E-state index in [0.29, 0.717) is 23.3 Å². The number of esters is 1. The number of rotatable bonds is 15. The second-order valence-electron chi connectivity index (χ2n) is 18.1. The molecular formula is C47H68N3O3+. The van der Waals surface area contributed by atoms with Crippen LogP contribution in [0, 0.1) is 46.3 Å². The zero-order valence-corrected chi connectivity index (χ0v) is 34.0. The third kappa shape index (κ3) is 9.16. The quantitative estimate of drug-likeness (QED) is 0.0459. The molecule has 6 heteroatoms. The van der Waals surface area contributed by atoms with Crippen LogP contribution in [0.4, 0.5) is 11.4 Å². The van der Waals surface area contributed by atoms with Crippen LogP contribution in [0.5, 0.6) is 5.75 Å². The molecule has 0 aliphatic heterocycles. The predicted molar refractivity (Wildman–Crippen MR) is 217 cm³/mol.